The molecule has 15 heavy (non-hydrogen) atoms. The van der Waals surface area contributed by atoms with Crippen molar-refractivity contribution in [2.24, 2.45) is 17.3 Å². The maximum atomic E-state index is 4.17. The van der Waals surface area contributed by atoms with Crippen molar-refractivity contribution in [3.8, 4) is 0 Å². The minimum atomic E-state index is 0.216. The van der Waals surface area contributed by atoms with E-state index in [4.69, 9.17) is 0 Å². The summed E-state index contributed by atoms with van der Waals surface area (Å²) in [5, 5.41) is 0. The lowest BCUT2D eigenvalue weighted by Gasteiger charge is -2.45. The second kappa shape index (κ2) is 4.38. The molecule has 0 bridgehead atoms. The molecule has 3 atom stereocenters. The second-order valence-corrected chi connectivity index (χ2v) is 5.38. The average molecular weight is 204 g/mol. The van der Waals surface area contributed by atoms with Gasteiger partial charge in [0.05, 0.1) is 0 Å². The zero-order valence-corrected chi connectivity index (χ0v) is 10.5. The monoisotopic (exact) mass is 204 g/mol. The van der Waals surface area contributed by atoms with Crippen molar-refractivity contribution < 1.29 is 0 Å². The summed E-state index contributed by atoms with van der Waals surface area (Å²) in [6.07, 6.45) is 5.90. The first-order valence-electron chi connectivity index (χ1n) is 5.87. The molecule has 0 unspecified atom stereocenters. The Labute approximate surface area is 94.8 Å². The van der Waals surface area contributed by atoms with Crippen LogP contribution in [0.3, 0.4) is 0 Å². The molecule has 0 radical (unpaired) electrons. The van der Waals surface area contributed by atoms with Gasteiger partial charge >= 0.3 is 0 Å². The Morgan fingerprint density at radius 3 is 2.27 bits per heavy atom. The van der Waals surface area contributed by atoms with E-state index in [1.807, 2.05) is 0 Å². The maximum absolute atomic E-state index is 4.17. The first-order chi connectivity index (χ1) is 6.92. The van der Waals surface area contributed by atoms with E-state index < -0.39 is 0 Å². The lowest BCUT2D eigenvalue weighted by molar-refractivity contribution is 0.153. The van der Waals surface area contributed by atoms with E-state index in [1.165, 1.54) is 30.4 Å². The van der Waals surface area contributed by atoms with E-state index in [0.717, 1.165) is 0 Å². The highest BCUT2D eigenvalue weighted by Gasteiger charge is 2.40. The van der Waals surface area contributed by atoms with Gasteiger partial charge in [0.1, 0.15) is 0 Å². The normalized spacial score (nSPS) is 35.9. The number of allylic oxidation sites excluding steroid dienone is 3. The minimum Gasteiger partial charge on any atom is -0.103 e. The Morgan fingerprint density at radius 1 is 1.27 bits per heavy atom. The van der Waals surface area contributed by atoms with Crippen molar-refractivity contribution in [3.05, 3.63) is 37.0 Å². The van der Waals surface area contributed by atoms with Crippen molar-refractivity contribution >= 4 is 0 Å². The molecule has 0 aliphatic heterocycles. The first-order valence-corrected chi connectivity index (χ1v) is 5.87. The standard InChI is InChI=1S/C15H24/c1-7-15(6)10-8-9-13(11(2)3)14(15)12(4)5/h7,13-14H,1-2,4,8-10H2,3,5-6H3/t13-,14-,15-/m1/s1. The molecular weight excluding hydrogens is 180 g/mol. The summed E-state index contributed by atoms with van der Waals surface area (Å²) in [6.45, 7) is 18.9. The van der Waals surface area contributed by atoms with Gasteiger partial charge in [-0.15, -0.1) is 6.58 Å². The van der Waals surface area contributed by atoms with Gasteiger partial charge in [-0.3, -0.25) is 0 Å². The Balaban J connectivity index is 3.06. The third-order valence-corrected chi connectivity index (χ3v) is 3.97. The predicted molar refractivity (Wildman–Crippen MR) is 68.8 cm³/mol. The van der Waals surface area contributed by atoms with E-state index in [9.17, 15) is 0 Å². The summed E-state index contributed by atoms with van der Waals surface area (Å²) in [5.74, 6) is 1.13. The van der Waals surface area contributed by atoms with Crippen LogP contribution in [-0.4, -0.2) is 0 Å². The smallest absolute Gasteiger partial charge is 0.00548 e. The zero-order chi connectivity index (χ0) is 11.6. The summed E-state index contributed by atoms with van der Waals surface area (Å²) in [4.78, 5) is 0. The molecule has 1 fully saturated rings. The summed E-state index contributed by atoms with van der Waals surface area (Å²) in [5.41, 5.74) is 2.80. The lowest BCUT2D eigenvalue weighted by Crippen LogP contribution is -2.36. The molecule has 0 saturated heterocycles. The van der Waals surface area contributed by atoms with Gasteiger partial charge in [0, 0.05) is 0 Å². The molecular formula is C15H24. The van der Waals surface area contributed by atoms with Crippen LogP contribution in [0.25, 0.3) is 0 Å². The average Bonchev–Trinajstić information content (AvgIpc) is 2.16. The molecule has 0 heterocycles. The van der Waals surface area contributed by atoms with E-state index >= 15 is 0 Å². The third kappa shape index (κ3) is 2.25. The van der Waals surface area contributed by atoms with E-state index in [1.54, 1.807) is 0 Å². The molecule has 0 spiro atoms. The highest BCUT2D eigenvalue weighted by atomic mass is 14.4. The van der Waals surface area contributed by atoms with Gasteiger partial charge in [-0.25, -0.2) is 0 Å². The van der Waals surface area contributed by atoms with Crippen LogP contribution >= 0.6 is 0 Å². The van der Waals surface area contributed by atoms with E-state index in [2.05, 4.69) is 46.6 Å². The number of hydrogen-bond acceptors (Lipinski definition) is 0. The van der Waals surface area contributed by atoms with Crippen LogP contribution in [0.15, 0.2) is 37.0 Å². The molecule has 0 heteroatoms. The molecule has 0 aromatic carbocycles. The maximum Gasteiger partial charge on any atom is -0.00548 e. The molecule has 1 aliphatic rings. The summed E-state index contributed by atoms with van der Waals surface area (Å²) < 4.78 is 0. The third-order valence-electron chi connectivity index (χ3n) is 3.97. The topological polar surface area (TPSA) is 0 Å². The quantitative estimate of drug-likeness (QED) is 0.582. The van der Waals surface area contributed by atoms with Crippen LogP contribution in [0.1, 0.15) is 40.0 Å². The summed E-state index contributed by atoms with van der Waals surface area (Å²) in [7, 11) is 0. The zero-order valence-electron chi connectivity index (χ0n) is 10.5. The molecule has 1 saturated carbocycles. The predicted octanol–water partition coefficient (Wildman–Crippen LogP) is 4.75. The molecule has 1 rings (SSSR count). The van der Waals surface area contributed by atoms with Gasteiger partial charge in [0.25, 0.3) is 0 Å². The van der Waals surface area contributed by atoms with Gasteiger partial charge in [-0.1, -0.05) is 43.7 Å². The number of rotatable bonds is 3. The van der Waals surface area contributed by atoms with Crippen molar-refractivity contribution in [3.63, 3.8) is 0 Å². The van der Waals surface area contributed by atoms with E-state index in [0.29, 0.717) is 11.8 Å². The lowest BCUT2D eigenvalue weighted by atomic mass is 9.59. The summed E-state index contributed by atoms with van der Waals surface area (Å²) in [6, 6.07) is 0. The molecule has 0 aromatic rings. The van der Waals surface area contributed by atoms with Crippen LogP contribution in [0, 0.1) is 17.3 Å². The Bertz CT molecular complexity index is 284. The van der Waals surface area contributed by atoms with Gasteiger partial charge in [0.2, 0.25) is 0 Å². The fraction of sp³-hybridized carbons (Fsp3) is 0.600. The van der Waals surface area contributed by atoms with Crippen molar-refractivity contribution in [2.45, 2.75) is 40.0 Å². The van der Waals surface area contributed by atoms with Gasteiger partial charge in [-0.2, -0.15) is 0 Å². The van der Waals surface area contributed by atoms with Gasteiger partial charge in [0.15, 0.2) is 0 Å². The van der Waals surface area contributed by atoms with Crippen molar-refractivity contribution in [1.29, 1.82) is 0 Å². The van der Waals surface area contributed by atoms with Crippen molar-refractivity contribution in [1.82, 2.24) is 0 Å². The fourth-order valence-corrected chi connectivity index (χ4v) is 3.15. The molecule has 0 N–H and O–H groups in total. The Hall–Kier alpha value is -0.780. The van der Waals surface area contributed by atoms with Crippen LogP contribution in [-0.2, 0) is 0 Å². The van der Waals surface area contributed by atoms with Crippen LogP contribution < -0.4 is 0 Å². The first kappa shape index (κ1) is 12.3. The molecule has 0 nitrogen and oxygen atoms in total. The van der Waals surface area contributed by atoms with E-state index in [-0.39, 0.29) is 5.41 Å². The van der Waals surface area contributed by atoms with Gasteiger partial charge < -0.3 is 0 Å². The Kier molecular flexibility index (Phi) is 3.59. The molecule has 84 valence electrons. The second-order valence-electron chi connectivity index (χ2n) is 5.38. The summed E-state index contributed by atoms with van der Waals surface area (Å²) >= 11 is 0. The van der Waals surface area contributed by atoms with Crippen LogP contribution in [0.2, 0.25) is 0 Å². The SMILES string of the molecule is C=C[C@]1(C)CCC[C@H](C(=C)C)[C@H]1C(=C)C. The fourth-order valence-electron chi connectivity index (χ4n) is 3.15. The van der Waals surface area contributed by atoms with Gasteiger partial charge in [-0.05, 0) is 43.9 Å². The van der Waals surface area contributed by atoms with Crippen LogP contribution in [0.4, 0.5) is 0 Å². The molecule has 0 amide bonds. The largest absolute Gasteiger partial charge is 0.103 e. The van der Waals surface area contributed by atoms with Crippen molar-refractivity contribution in [2.75, 3.05) is 0 Å². The highest BCUT2D eigenvalue weighted by molar-refractivity contribution is 5.18. The Morgan fingerprint density at radius 2 is 1.87 bits per heavy atom. The molecule has 0 aromatic heterocycles. The molecule has 1 aliphatic carbocycles. The van der Waals surface area contributed by atoms with Crippen LogP contribution in [0.5, 0.6) is 0 Å². The highest BCUT2D eigenvalue weighted by Crippen LogP contribution is 2.50. The minimum absolute atomic E-state index is 0.216. The number of hydrogen-bond donors (Lipinski definition) is 0.